The topological polar surface area (TPSA) is 87.3 Å². The van der Waals surface area contributed by atoms with Crippen LogP contribution in [0.4, 0.5) is 9.18 Å². The molecule has 0 aliphatic rings. The molecule has 0 aromatic heterocycles. The number of carbonyl (C=O) groups is 1. The molecule has 0 unspecified atom stereocenters. The third kappa shape index (κ3) is 5.67. The first kappa shape index (κ1) is 22.1. The second-order valence-electron chi connectivity index (χ2n) is 6.90. The SMILES string of the molecule is CNS(=O)(=O)c1cccc(CNC(=O)NCC(C)(C)c2ccc(F)cc2Cl)c1. The molecule has 0 bridgehead atoms. The van der Waals surface area contributed by atoms with Crippen molar-refractivity contribution >= 4 is 27.7 Å². The molecule has 152 valence electrons. The van der Waals surface area contributed by atoms with E-state index in [0.29, 0.717) is 10.6 Å². The minimum Gasteiger partial charge on any atom is -0.337 e. The van der Waals surface area contributed by atoms with Crippen LogP contribution in [-0.2, 0) is 22.0 Å². The zero-order valence-electron chi connectivity index (χ0n) is 15.8. The van der Waals surface area contributed by atoms with Crippen LogP contribution in [-0.4, -0.2) is 28.0 Å². The highest BCUT2D eigenvalue weighted by atomic mass is 35.5. The monoisotopic (exact) mass is 427 g/mol. The Balaban J connectivity index is 1.95. The summed E-state index contributed by atoms with van der Waals surface area (Å²) in [5.74, 6) is -0.419. The summed E-state index contributed by atoms with van der Waals surface area (Å²) in [6.07, 6.45) is 0. The lowest BCUT2D eigenvalue weighted by atomic mass is 9.84. The highest BCUT2D eigenvalue weighted by Gasteiger charge is 2.24. The van der Waals surface area contributed by atoms with Gasteiger partial charge in [0.05, 0.1) is 4.90 Å². The van der Waals surface area contributed by atoms with Crippen LogP contribution in [0.15, 0.2) is 47.4 Å². The van der Waals surface area contributed by atoms with Gasteiger partial charge in [0.2, 0.25) is 10.0 Å². The largest absolute Gasteiger partial charge is 0.337 e. The zero-order chi connectivity index (χ0) is 20.9. The molecule has 2 amide bonds. The molecule has 0 saturated carbocycles. The molecule has 9 heteroatoms. The molecule has 0 atom stereocenters. The Kier molecular flexibility index (Phi) is 7.03. The third-order valence-corrected chi connectivity index (χ3v) is 6.01. The van der Waals surface area contributed by atoms with Gasteiger partial charge in [0.15, 0.2) is 0 Å². The Morgan fingerprint density at radius 3 is 2.50 bits per heavy atom. The summed E-state index contributed by atoms with van der Waals surface area (Å²) in [7, 11) is -2.21. The van der Waals surface area contributed by atoms with E-state index in [0.717, 1.165) is 5.56 Å². The number of amides is 2. The lowest BCUT2D eigenvalue weighted by molar-refractivity contribution is 0.238. The second-order valence-corrected chi connectivity index (χ2v) is 9.19. The number of sulfonamides is 1. The van der Waals surface area contributed by atoms with Crippen LogP contribution in [0, 0.1) is 5.82 Å². The van der Waals surface area contributed by atoms with Crippen molar-refractivity contribution in [2.24, 2.45) is 0 Å². The molecular formula is C19H23ClFN3O3S. The van der Waals surface area contributed by atoms with Gasteiger partial charge in [0, 0.05) is 23.5 Å². The quantitative estimate of drug-likeness (QED) is 0.634. The van der Waals surface area contributed by atoms with Crippen molar-refractivity contribution in [3.8, 4) is 0 Å². The number of halogens is 2. The number of rotatable bonds is 7. The van der Waals surface area contributed by atoms with E-state index >= 15 is 0 Å². The Bertz CT molecular complexity index is 965. The summed E-state index contributed by atoms with van der Waals surface area (Å²) < 4.78 is 39.2. The lowest BCUT2D eigenvalue weighted by Crippen LogP contribution is -2.42. The maximum absolute atomic E-state index is 13.2. The number of nitrogens with one attached hydrogen (secondary N) is 3. The average Bonchev–Trinajstić information content (AvgIpc) is 2.64. The van der Waals surface area contributed by atoms with E-state index in [9.17, 15) is 17.6 Å². The number of benzene rings is 2. The van der Waals surface area contributed by atoms with Gasteiger partial charge >= 0.3 is 6.03 Å². The van der Waals surface area contributed by atoms with Crippen LogP contribution in [0.1, 0.15) is 25.0 Å². The molecule has 0 spiro atoms. The summed E-state index contributed by atoms with van der Waals surface area (Å²) >= 11 is 6.11. The van der Waals surface area contributed by atoms with Gasteiger partial charge < -0.3 is 10.6 Å². The molecule has 3 N–H and O–H groups in total. The van der Waals surface area contributed by atoms with Gasteiger partial charge in [0.1, 0.15) is 5.82 Å². The van der Waals surface area contributed by atoms with E-state index in [-0.39, 0.29) is 18.0 Å². The lowest BCUT2D eigenvalue weighted by Gasteiger charge is -2.26. The van der Waals surface area contributed by atoms with Crippen molar-refractivity contribution in [3.05, 3.63) is 64.4 Å². The first-order valence-corrected chi connectivity index (χ1v) is 10.4. The minimum absolute atomic E-state index is 0.127. The Hall–Kier alpha value is -2.16. The molecule has 0 radical (unpaired) electrons. The van der Waals surface area contributed by atoms with Crippen LogP contribution in [0.5, 0.6) is 0 Å². The van der Waals surface area contributed by atoms with Gasteiger partial charge in [-0.1, -0.05) is 43.6 Å². The normalized spacial score (nSPS) is 11.9. The zero-order valence-corrected chi connectivity index (χ0v) is 17.4. The predicted molar refractivity (Wildman–Crippen MR) is 107 cm³/mol. The summed E-state index contributed by atoms with van der Waals surface area (Å²) in [4.78, 5) is 12.3. The van der Waals surface area contributed by atoms with E-state index in [4.69, 9.17) is 11.6 Å². The fraction of sp³-hybridized carbons (Fsp3) is 0.316. The van der Waals surface area contributed by atoms with Gasteiger partial charge in [-0.2, -0.15) is 0 Å². The van der Waals surface area contributed by atoms with Gasteiger partial charge in [-0.3, -0.25) is 0 Å². The molecule has 0 aliphatic carbocycles. The highest BCUT2D eigenvalue weighted by Crippen LogP contribution is 2.29. The number of urea groups is 1. The summed E-state index contributed by atoms with van der Waals surface area (Å²) in [6, 6.07) is 10.1. The number of hydrogen-bond donors (Lipinski definition) is 3. The molecule has 0 aliphatic heterocycles. The van der Waals surface area contributed by atoms with Crippen molar-refractivity contribution in [3.63, 3.8) is 0 Å². The maximum Gasteiger partial charge on any atom is 0.315 e. The van der Waals surface area contributed by atoms with E-state index in [2.05, 4.69) is 15.4 Å². The molecule has 0 fully saturated rings. The van der Waals surface area contributed by atoms with Crippen LogP contribution in [0.2, 0.25) is 5.02 Å². The van der Waals surface area contributed by atoms with E-state index < -0.39 is 27.3 Å². The van der Waals surface area contributed by atoms with Crippen LogP contribution in [0.3, 0.4) is 0 Å². The van der Waals surface area contributed by atoms with Crippen LogP contribution < -0.4 is 15.4 Å². The van der Waals surface area contributed by atoms with Gasteiger partial charge in [-0.25, -0.2) is 22.3 Å². The second kappa shape index (κ2) is 8.89. The molecule has 0 heterocycles. The van der Waals surface area contributed by atoms with Crippen molar-refractivity contribution in [2.75, 3.05) is 13.6 Å². The fourth-order valence-electron chi connectivity index (χ4n) is 2.62. The molecule has 28 heavy (non-hydrogen) atoms. The third-order valence-electron chi connectivity index (χ3n) is 4.28. The van der Waals surface area contributed by atoms with Gasteiger partial charge in [0.25, 0.3) is 0 Å². The predicted octanol–water partition coefficient (Wildman–Crippen LogP) is 3.16. The first-order chi connectivity index (χ1) is 13.0. The molecule has 2 aromatic carbocycles. The van der Waals surface area contributed by atoms with E-state index in [1.807, 2.05) is 13.8 Å². The number of hydrogen-bond acceptors (Lipinski definition) is 3. The van der Waals surface area contributed by atoms with Crippen molar-refractivity contribution in [2.45, 2.75) is 30.7 Å². The fourth-order valence-corrected chi connectivity index (χ4v) is 3.84. The summed E-state index contributed by atoms with van der Waals surface area (Å²) in [5, 5.41) is 5.74. The van der Waals surface area contributed by atoms with Gasteiger partial charge in [-0.15, -0.1) is 0 Å². The molecule has 6 nitrogen and oxygen atoms in total. The highest BCUT2D eigenvalue weighted by molar-refractivity contribution is 7.89. The van der Waals surface area contributed by atoms with E-state index in [1.165, 1.54) is 31.3 Å². The van der Waals surface area contributed by atoms with E-state index in [1.54, 1.807) is 18.2 Å². The molecule has 2 aromatic rings. The Morgan fingerprint density at radius 2 is 1.86 bits per heavy atom. The number of carbonyl (C=O) groups excluding carboxylic acids is 1. The molecular weight excluding hydrogens is 405 g/mol. The van der Waals surface area contributed by atoms with Crippen LogP contribution in [0.25, 0.3) is 0 Å². The van der Waals surface area contributed by atoms with Crippen molar-refractivity contribution < 1.29 is 17.6 Å². The molecule has 2 rings (SSSR count). The van der Waals surface area contributed by atoms with Crippen molar-refractivity contribution in [1.82, 2.24) is 15.4 Å². The summed E-state index contributed by atoms with van der Waals surface area (Å²) in [5.41, 5.74) is 0.858. The van der Waals surface area contributed by atoms with Crippen LogP contribution >= 0.6 is 11.6 Å². The minimum atomic E-state index is -3.54. The maximum atomic E-state index is 13.2. The first-order valence-electron chi connectivity index (χ1n) is 8.55. The summed E-state index contributed by atoms with van der Waals surface area (Å²) in [6.45, 7) is 4.21. The average molecular weight is 428 g/mol. The molecule has 0 saturated heterocycles. The smallest absolute Gasteiger partial charge is 0.315 e. The van der Waals surface area contributed by atoms with Gasteiger partial charge in [-0.05, 0) is 42.4 Å². The van der Waals surface area contributed by atoms with Crippen molar-refractivity contribution in [1.29, 1.82) is 0 Å². The Labute approximate surface area is 169 Å². The Morgan fingerprint density at radius 1 is 1.14 bits per heavy atom. The standard InChI is InChI=1S/C19H23ClFN3O3S/c1-19(2,16-8-7-14(21)10-17(16)20)12-24-18(25)23-11-13-5-4-6-15(9-13)28(26,27)22-3/h4-10,22H,11-12H2,1-3H3,(H2,23,24,25).